The minimum absolute atomic E-state index is 0.0707. The summed E-state index contributed by atoms with van der Waals surface area (Å²) >= 11 is 0. The number of rotatable bonds is 4. The average Bonchev–Trinajstić information content (AvgIpc) is 2.26. The zero-order valence-electron chi connectivity index (χ0n) is 10.8. The molecule has 1 aliphatic heterocycles. The number of carbonyl (C=O) groups is 2. The van der Waals surface area contributed by atoms with Gasteiger partial charge in [-0.3, -0.25) is 4.79 Å². The normalized spacial score (nSPS) is 21.1. The van der Waals surface area contributed by atoms with Crippen molar-refractivity contribution in [1.29, 1.82) is 0 Å². The maximum absolute atomic E-state index is 11.9. The van der Waals surface area contributed by atoms with Gasteiger partial charge in [-0.1, -0.05) is 0 Å². The summed E-state index contributed by atoms with van der Waals surface area (Å²) in [4.78, 5) is 22.3. The zero-order chi connectivity index (χ0) is 14.6. The number of hydrogen-bond donors (Lipinski definition) is 2. The van der Waals surface area contributed by atoms with Crippen LogP contribution < -0.4 is 4.72 Å². The van der Waals surface area contributed by atoms with Gasteiger partial charge >= 0.3 is 22.3 Å². The third-order valence-electron chi connectivity index (χ3n) is 2.60. The topological polar surface area (TPSA) is 113 Å². The lowest BCUT2D eigenvalue weighted by atomic mass is 10.1. The molecule has 2 N–H and O–H groups in total. The quantitative estimate of drug-likeness (QED) is 0.771. The molecule has 1 aliphatic rings. The molecule has 1 atom stereocenters. The Hall–Kier alpha value is -1.35. The van der Waals surface area contributed by atoms with E-state index in [-0.39, 0.29) is 13.0 Å². The summed E-state index contributed by atoms with van der Waals surface area (Å²) < 4.78 is 31.1. The summed E-state index contributed by atoms with van der Waals surface area (Å²) in [5, 5.41) is 9.00. The van der Waals surface area contributed by atoms with Crippen LogP contribution in [0.1, 0.15) is 33.1 Å². The van der Waals surface area contributed by atoms with Gasteiger partial charge in [-0.2, -0.15) is 12.7 Å². The molecule has 1 heterocycles. The Kier molecular flexibility index (Phi) is 5.12. The van der Waals surface area contributed by atoms with Gasteiger partial charge in [0.2, 0.25) is 0 Å². The molecular weight excluding hydrogens is 276 g/mol. The Balaban J connectivity index is 2.79. The van der Waals surface area contributed by atoms with Crippen molar-refractivity contribution in [3.63, 3.8) is 0 Å². The first-order valence-electron chi connectivity index (χ1n) is 5.97. The Morgan fingerprint density at radius 3 is 2.53 bits per heavy atom. The van der Waals surface area contributed by atoms with Gasteiger partial charge in [0.1, 0.15) is 6.04 Å². The lowest BCUT2D eigenvalue weighted by Gasteiger charge is -2.31. The second-order valence-electron chi connectivity index (χ2n) is 4.52. The number of nitrogens with one attached hydrogen (secondary N) is 1. The molecule has 0 unspecified atom stereocenters. The molecule has 0 aromatic rings. The zero-order valence-corrected chi connectivity index (χ0v) is 11.6. The number of amides is 1. The molecule has 110 valence electrons. The highest BCUT2D eigenvalue weighted by molar-refractivity contribution is 7.87. The lowest BCUT2D eigenvalue weighted by Crippen LogP contribution is -2.53. The first-order valence-corrected chi connectivity index (χ1v) is 7.41. The lowest BCUT2D eigenvalue weighted by molar-refractivity contribution is -0.142. The highest BCUT2D eigenvalue weighted by atomic mass is 32.2. The molecule has 0 saturated carbocycles. The molecule has 1 rings (SSSR count). The van der Waals surface area contributed by atoms with E-state index in [4.69, 9.17) is 5.11 Å². The van der Waals surface area contributed by atoms with Gasteiger partial charge in [0, 0.05) is 6.54 Å². The largest absolute Gasteiger partial charge is 0.480 e. The summed E-state index contributed by atoms with van der Waals surface area (Å²) in [7, 11) is -4.19. The Morgan fingerprint density at radius 2 is 2.00 bits per heavy atom. The van der Waals surface area contributed by atoms with E-state index in [0.717, 1.165) is 4.31 Å². The molecule has 0 aromatic heterocycles. The van der Waals surface area contributed by atoms with Crippen molar-refractivity contribution < 1.29 is 27.9 Å². The van der Waals surface area contributed by atoms with E-state index >= 15 is 0 Å². The maximum atomic E-state index is 11.9. The third-order valence-corrected chi connectivity index (χ3v) is 4.08. The van der Waals surface area contributed by atoms with Crippen molar-refractivity contribution in [2.45, 2.75) is 45.3 Å². The van der Waals surface area contributed by atoms with Crippen molar-refractivity contribution in [2.75, 3.05) is 6.54 Å². The van der Waals surface area contributed by atoms with Crippen LogP contribution in [-0.4, -0.2) is 48.6 Å². The highest BCUT2D eigenvalue weighted by Crippen LogP contribution is 2.20. The molecule has 1 fully saturated rings. The maximum Gasteiger partial charge on any atom is 0.422 e. The number of hydrogen-bond acceptors (Lipinski definition) is 5. The van der Waals surface area contributed by atoms with E-state index in [1.807, 2.05) is 0 Å². The summed E-state index contributed by atoms with van der Waals surface area (Å²) in [5.74, 6) is -1.22. The van der Waals surface area contributed by atoms with E-state index < -0.39 is 34.4 Å². The fourth-order valence-electron chi connectivity index (χ4n) is 1.84. The molecule has 8 nitrogen and oxygen atoms in total. The predicted molar refractivity (Wildman–Crippen MR) is 65.7 cm³/mol. The Labute approximate surface area is 111 Å². The number of carboxylic acids is 1. The van der Waals surface area contributed by atoms with Crippen molar-refractivity contribution in [2.24, 2.45) is 0 Å². The molecule has 9 heteroatoms. The van der Waals surface area contributed by atoms with Crippen LogP contribution in [0.2, 0.25) is 0 Å². The molecule has 0 aliphatic carbocycles. The van der Waals surface area contributed by atoms with Gasteiger partial charge in [-0.05, 0) is 33.1 Å². The first-order chi connectivity index (χ1) is 8.74. The van der Waals surface area contributed by atoms with E-state index in [1.165, 1.54) is 0 Å². The van der Waals surface area contributed by atoms with E-state index in [1.54, 1.807) is 18.6 Å². The van der Waals surface area contributed by atoms with Crippen molar-refractivity contribution in [1.82, 2.24) is 9.03 Å². The fourth-order valence-corrected chi connectivity index (χ4v) is 3.12. The standard InChI is InChI=1S/C10H18N2O6S/c1-7(2)18-10(15)11-19(16,17)12-6-4-3-5-8(12)9(13)14/h7-8H,3-6H2,1-2H3,(H,11,15)(H,13,14)/t8-/m1/s1. The van der Waals surface area contributed by atoms with Gasteiger partial charge in [-0.25, -0.2) is 9.52 Å². The molecule has 0 aromatic carbocycles. The van der Waals surface area contributed by atoms with E-state index in [9.17, 15) is 18.0 Å². The van der Waals surface area contributed by atoms with Crippen LogP contribution >= 0.6 is 0 Å². The van der Waals surface area contributed by atoms with Crippen LogP contribution in [0.3, 0.4) is 0 Å². The van der Waals surface area contributed by atoms with E-state index in [0.29, 0.717) is 12.8 Å². The SMILES string of the molecule is CC(C)OC(=O)NS(=O)(=O)N1CCCC[C@@H]1C(=O)O. The number of nitrogens with zero attached hydrogens (tertiary/aromatic N) is 1. The second-order valence-corrected chi connectivity index (χ2v) is 6.14. The van der Waals surface area contributed by atoms with Crippen LogP contribution in [0.15, 0.2) is 0 Å². The van der Waals surface area contributed by atoms with Gasteiger partial charge in [0.25, 0.3) is 0 Å². The summed E-state index contributed by atoms with van der Waals surface area (Å²) in [6.45, 7) is 3.22. The first kappa shape index (κ1) is 15.7. The smallest absolute Gasteiger partial charge is 0.422 e. The van der Waals surface area contributed by atoms with Crippen LogP contribution in [0.4, 0.5) is 4.79 Å². The Morgan fingerprint density at radius 1 is 1.37 bits per heavy atom. The van der Waals surface area contributed by atoms with Crippen LogP contribution in [0, 0.1) is 0 Å². The molecular formula is C10H18N2O6S. The molecule has 1 saturated heterocycles. The van der Waals surface area contributed by atoms with Gasteiger partial charge in [-0.15, -0.1) is 0 Å². The molecule has 19 heavy (non-hydrogen) atoms. The number of carbonyl (C=O) groups excluding carboxylic acids is 1. The Bertz CT molecular complexity index is 447. The second kappa shape index (κ2) is 6.20. The molecule has 0 spiro atoms. The van der Waals surface area contributed by atoms with Crippen LogP contribution in [0.25, 0.3) is 0 Å². The predicted octanol–water partition coefficient (Wildman–Crippen LogP) is 0.305. The summed E-state index contributed by atoms with van der Waals surface area (Å²) in [6.07, 6.45) is -0.143. The van der Waals surface area contributed by atoms with Crippen LogP contribution in [-0.2, 0) is 19.7 Å². The van der Waals surface area contributed by atoms with Crippen molar-refractivity contribution >= 4 is 22.3 Å². The van der Waals surface area contributed by atoms with Crippen LogP contribution in [0.5, 0.6) is 0 Å². The van der Waals surface area contributed by atoms with Gasteiger partial charge in [0.05, 0.1) is 6.10 Å². The van der Waals surface area contributed by atoms with Crippen molar-refractivity contribution in [3.05, 3.63) is 0 Å². The number of aliphatic carboxylic acids is 1. The third kappa shape index (κ3) is 4.35. The number of carboxylic acid groups (broad SMARTS) is 1. The minimum Gasteiger partial charge on any atom is -0.480 e. The summed E-state index contributed by atoms with van der Waals surface area (Å²) in [5.41, 5.74) is 0. The minimum atomic E-state index is -4.19. The fraction of sp³-hybridized carbons (Fsp3) is 0.800. The van der Waals surface area contributed by atoms with E-state index in [2.05, 4.69) is 4.74 Å². The average molecular weight is 294 g/mol. The number of piperidine rings is 1. The van der Waals surface area contributed by atoms with Gasteiger partial charge in [0.15, 0.2) is 0 Å². The van der Waals surface area contributed by atoms with Crippen molar-refractivity contribution in [3.8, 4) is 0 Å². The molecule has 0 radical (unpaired) electrons. The summed E-state index contributed by atoms with van der Waals surface area (Å²) in [6, 6.07) is -1.14. The molecule has 1 amide bonds. The van der Waals surface area contributed by atoms with Gasteiger partial charge < -0.3 is 9.84 Å². The highest BCUT2D eigenvalue weighted by Gasteiger charge is 2.37. The number of ether oxygens (including phenoxy) is 1. The molecule has 0 bridgehead atoms. The monoisotopic (exact) mass is 294 g/mol.